The molecule has 1 aliphatic rings. The number of benzene rings is 3. The van der Waals surface area contributed by atoms with Crippen LogP contribution in [0.2, 0.25) is 0 Å². The van der Waals surface area contributed by atoms with E-state index in [0.29, 0.717) is 12.1 Å². The molecule has 3 aromatic rings. The molecular formula is C25H19F3N2O5. The molecule has 35 heavy (non-hydrogen) atoms. The minimum Gasteiger partial charge on any atom is -0.478 e. The van der Waals surface area contributed by atoms with E-state index < -0.39 is 41.8 Å². The number of carbonyl (C=O) groups excluding carboxylic acids is 2. The zero-order chi connectivity index (χ0) is 25.2. The summed E-state index contributed by atoms with van der Waals surface area (Å²) in [5, 5.41) is 13.6. The van der Waals surface area contributed by atoms with Crippen LogP contribution in [-0.2, 0) is 15.7 Å². The Kier molecular flexibility index (Phi) is 6.46. The van der Waals surface area contributed by atoms with E-state index in [9.17, 15) is 32.7 Å². The highest BCUT2D eigenvalue weighted by Gasteiger charge is 2.32. The van der Waals surface area contributed by atoms with Crippen LogP contribution >= 0.6 is 0 Å². The van der Waals surface area contributed by atoms with Crippen molar-refractivity contribution in [1.29, 1.82) is 0 Å². The van der Waals surface area contributed by atoms with E-state index >= 15 is 0 Å². The molecule has 0 saturated carbocycles. The van der Waals surface area contributed by atoms with Gasteiger partial charge in [0.2, 0.25) is 5.91 Å². The van der Waals surface area contributed by atoms with Crippen molar-refractivity contribution in [3.05, 3.63) is 89.0 Å². The summed E-state index contributed by atoms with van der Waals surface area (Å²) in [4.78, 5) is 35.7. The summed E-state index contributed by atoms with van der Waals surface area (Å²) >= 11 is 0. The zero-order valence-electron chi connectivity index (χ0n) is 18.1. The Morgan fingerprint density at radius 3 is 2.09 bits per heavy atom. The molecule has 0 spiro atoms. The number of alkyl carbamates (subject to hydrolysis) is 1. The number of hydrogen-bond acceptors (Lipinski definition) is 4. The Morgan fingerprint density at radius 2 is 1.51 bits per heavy atom. The highest BCUT2D eigenvalue weighted by atomic mass is 19.4. The van der Waals surface area contributed by atoms with Gasteiger partial charge < -0.3 is 20.5 Å². The smallest absolute Gasteiger partial charge is 0.416 e. The van der Waals surface area contributed by atoms with E-state index in [1.807, 2.05) is 48.5 Å². The Balaban J connectivity index is 1.35. The van der Waals surface area contributed by atoms with Gasteiger partial charge in [-0.3, -0.25) is 4.79 Å². The maximum atomic E-state index is 12.8. The molecule has 0 atom stereocenters. The van der Waals surface area contributed by atoms with Gasteiger partial charge in [-0.05, 0) is 40.5 Å². The minimum atomic E-state index is -4.74. The van der Waals surface area contributed by atoms with Gasteiger partial charge in [0.1, 0.15) is 13.2 Å². The van der Waals surface area contributed by atoms with Crippen LogP contribution in [0.1, 0.15) is 33.0 Å². The Bertz CT molecular complexity index is 1260. The largest absolute Gasteiger partial charge is 0.478 e. The summed E-state index contributed by atoms with van der Waals surface area (Å²) < 4.78 is 43.8. The molecule has 0 aromatic heterocycles. The SMILES string of the molecule is O=C(CNC(=O)OCC1c2ccccc2-c2ccccc21)Nc1ccc(C(F)(F)F)cc1C(=O)O. The van der Waals surface area contributed by atoms with E-state index in [2.05, 4.69) is 10.6 Å². The summed E-state index contributed by atoms with van der Waals surface area (Å²) in [5.74, 6) is -2.65. The van der Waals surface area contributed by atoms with Crippen molar-refractivity contribution < 1.29 is 37.4 Å². The number of carbonyl (C=O) groups is 3. The number of carboxylic acids is 1. The van der Waals surface area contributed by atoms with Crippen LogP contribution < -0.4 is 10.6 Å². The van der Waals surface area contributed by atoms with Crippen LogP contribution in [0.15, 0.2) is 66.7 Å². The van der Waals surface area contributed by atoms with Gasteiger partial charge in [0, 0.05) is 5.92 Å². The molecular weight excluding hydrogens is 465 g/mol. The minimum absolute atomic E-state index is 0.0313. The third-order valence-corrected chi connectivity index (χ3v) is 5.59. The molecule has 0 fully saturated rings. The number of fused-ring (bicyclic) bond motifs is 3. The number of nitrogens with one attached hydrogen (secondary N) is 2. The Labute approximate surface area is 197 Å². The molecule has 10 heteroatoms. The fourth-order valence-corrected chi connectivity index (χ4v) is 4.00. The standard InChI is InChI=1S/C25H19F3N2O5/c26-25(27,28)14-9-10-21(19(11-14)23(32)33)30-22(31)12-29-24(34)35-13-20-17-7-3-1-5-15(17)16-6-2-4-8-18(16)20/h1-11,20H,12-13H2,(H,29,34)(H,30,31)(H,32,33). The predicted molar refractivity (Wildman–Crippen MR) is 120 cm³/mol. The first-order valence-electron chi connectivity index (χ1n) is 10.5. The van der Waals surface area contributed by atoms with E-state index in [4.69, 9.17) is 4.74 Å². The zero-order valence-corrected chi connectivity index (χ0v) is 18.1. The number of carboxylic acid groups (broad SMARTS) is 1. The van der Waals surface area contributed by atoms with Gasteiger partial charge in [-0.1, -0.05) is 48.5 Å². The first-order chi connectivity index (χ1) is 16.6. The lowest BCUT2D eigenvalue weighted by molar-refractivity contribution is -0.137. The Hall–Kier alpha value is -4.34. The average molecular weight is 484 g/mol. The topological polar surface area (TPSA) is 105 Å². The fourth-order valence-electron chi connectivity index (χ4n) is 4.00. The summed E-state index contributed by atoms with van der Waals surface area (Å²) in [5.41, 5.74) is 1.93. The molecule has 3 aromatic carbocycles. The number of halogens is 3. The van der Waals surface area contributed by atoms with Crippen molar-refractivity contribution in [3.63, 3.8) is 0 Å². The summed E-state index contributed by atoms with van der Waals surface area (Å²) in [7, 11) is 0. The van der Waals surface area contributed by atoms with Crippen molar-refractivity contribution in [2.75, 3.05) is 18.5 Å². The lowest BCUT2D eigenvalue weighted by Gasteiger charge is -2.15. The van der Waals surface area contributed by atoms with Crippen molar-refractivity contribution in [2.45, 2.75) is 12.1 Å². The second-order valence-electron chi connectivity index (χ2n) is 7.79. The van der Waals surface area contributed by atoms with Gasteiger partial charge >= 0.3 is 18.2 Å². The quantitative estimate of drug-likeness (QED) is 0.463. The monoisotopic (exact) mass is 484 g/mol. The molecule has 0 bridgehead atoms. The number of ether oxygens (including phenoxy) is 1. The van der Waals surface area contributed by atoms with Crippen molar-refractivity contribution in [1.82, 2.24) is 5.32 Å². The van der Waals surface area contributed by atoms with Crippen molar-refractivity contribution in [2.24, 2.45) is 0 Å². The number of anilines is 1. The van der Waals surface area contributed by atoms with E-state index in [1.54, 1.807) is 0 Å². The molecule has 7 nitrogen and oxygen atoms in total. The lowest BCUT2D eigenvalue weighted by Crippen LogP contribution is -2.34. The van der Waals surface area contributed by atoms with E-state index in [0.717, 1.165) is 28.3 Å². The summed E-state index contributed by atoms with van der Waals surface area (Å²) in [6.07, 6.45) is -5.61. The highest BCUT2D eigenvalue weighted by molar-refractivity contribution is 6.01. The summed E-state index contributed by atoms with van der Waals surface area (Å²) in [6, 6.07) is 17.5. The molecule has 2 amide bonds. The molecule has 0 unspecified atom stereocenters. The fraction of sp³-hybridized carbons (Fsp3) is 0.160. The lowest BCUT2D eigenvalue weighted by atomic mass is 9.98. The molecule has 3 N–H and O–H groups in total. The molecule has 4 rings (SSSR count). The van der Waals surface area contributed by atoms with Crippen LogP contribution in [0.4, 0.5) is 23.7 Å². The summed E-state index contributed by atoms with van der Waals surface area (Å²) in [6.45, 7) is -0.541. The molecule has 0 radical (unpaired) electrons. The number of alkyl halides is 3. The number of rotatable bonds is 6. The third-order valence-electron chi connectivity index (χ3n) is 5.59. The average Bonchev–Trinajstić information content (AvgIpc) is 3.14. The Morgan fingerprint density at radius 1 is 0.914 bits per heavy atom. The molecule has 180 valence electrons. The predicted octanol–water partition coefficient (Wildman–Crippen LogP) is 4.88. The van der Waals surface area contributed by atoms with Gasteiger partial charge in [0.05, 0.1) is 16.8 Å². The van der Waals surface area contributed by atoms with Crippen LogP contribution in [0.25, 0.3) is 11.1 Å². The van der Waals surface area contributed by atoms with Gasteiger partial charge in [-0.2, -0.15) is 13.2 Å². The van der Waals surface area contributed by atoms with Crippen LogP contribution in [0, 0.1) is 0 Å². The third kappa shape index (κ3) is 5.11. The first kappa shape index (κ1) is 23.8. The molecule has 0 heterocycles. The van der Waals surface area contributed by atoms with Gasteiger partial charge in [-0.25, -0.2) is 9.59 Å². The number of aromatic carboxylic acids is 1. The van der Waals surface area contributed by atoms with E-state index in [-0.39, 0.29) is 18.2 Å². The normalized spacial score (nSPS) is 12.4. The number of amides is 2. The number of hydrogen-bond donors (Lipinski definition) is 3. The van der Waals surface area contributed by atoms with Gasteiger partial charge in [-0.15, -0.1) is 0 Å². The molecule has 0 saturated heterocycles. The van der Waals surface area contributed by atoms with Crippen molar-refractivity contribution in [3.8, 4) is 11.1 Å². The highest BCUT2D eigenvalue weighted by Crippen LogP contribution is 2.44. The van der Waals surface area contributed by atoms with Gasteiger partial charge in [0.15, 0.2) is 0 Å². The first-order valence-corrected chi connectivity index (χ1v) is 10.5. The van der Waals surface area contributed by atoms with Crippen LogP contribution in [0.5, 0.6) is 0 Å². The van der Waals surface area contributed by atoms with Gasteiger partial charge in [0.25, 0.3) is 0 Å². The molecule has 0 aliphatic heterocycles. The maximum absolute atomic E-state index is 12.8. The second kappa shape index (κ2) is 9.49. The molecule has 1 aliphatic carbocycles. The maximum Gasteiger partial charge on any atom is 0.416 e. The van der Waals surface area contributed by atoms with Crippen molar-refractivity contribution >= 4 is 23.7 Å². The second-order valence-corrected chi connectivity index (χ2v) is 7.79. The van der Waals surface area contributed by atoms with Crippen LogP contribution in [0.3, 0.4) is 0 Å². The van der Waals surface area contributed by atoms with E-state index in [1.165, 1.54) is 0 Å². The van der Waals surface area contributed by atoms with Crippen LogP contribution in [-0.4, -0.2) is 36.2 Å².